The van der Waals surface area contributed by atoms with Crippen molar-refractivity contribution in [1.82, 2.24) is 4.98 Å². The fourth-order valence-electron chi connectivity index (χ4n) is 1.33. The van der Waals surface area contributed by atoms with E-state index < -0.39 is 17.3 Å². The molecule has 1 aromatic heterocycles. The summed E-state index contributed by atoms with van der Waals surface area (Å²) < 4.78 is 27.2. The summed E-state index contributed by atoms with van der Waals surface area (Å²) in [6.07, 6.45) is 1.49. The first kappa shape index (κ1) is 11.0. The zero-order valence-corrected chi connectivity index (χ0v) is 9.63. The standard InChI is InChI=1S/C11H7BrF2N2/c12-9-4-1-6(5-16-9)7-2-3-8(13)11(15)10(7)14/h1-5H,15H2. The minimum Gasteiger partial charge on any atom is -0.394 e. The van der Waals surface area contributed by atoms with Gasteiger partial charge in [0.2, 0.25) is 0 Å². The van der Waals surface area contributed by atoms with E-state index in [1.165, 1.54) is 12.3 Å². The van der Waals surface area contributed by atoms with Gasteiger partial charge in [0, 0.05) is 17.3 Å². The second-order valence-electron chi connectivity index (χ2n) is 3.19. The molecular formula is C11H7BrF2N2. The van der Waals surface area contributed by atoms with E-state index in [4.69, 9.17) is 5.73 Å². The van der Waals surface area contributed by atoms with Crippen molar-refractivity contribution in [3.63, 3.8) is 0 Å². The number of halogens is 3. The first-order valence-electron chi connectivity index (χ1n) is 4.45. The molecule has 1 aromatic carbocycles. The zero-order chi connectivity index (χ0) is 11.7. The predicted molar refractivity (Wildman–Crippen MR) is 61.7 cm³/mol. The van der Waals surface area contributed by atoms with Gasteiger partial charge in [0.15, 0.2) is 5.82 Å². The molecule has 5 heteroatoms. The fourth-order valence-corrected chi connectivity index (χ4v) is 1.56. The van der Waals surface area contributed by atoms with Gasteiger partial charge in [0.25, 0.3) is 0 Å². The molecule has 16 heavy (non-hydrogen) atoms. The highest BCUT2D eigenvalue weighted by Crippen LogP contribution is 2.28. The van der Waals surface area contributed by atoms with Crippen LogP contribution in [0.2, 0.25) is 0 Å². The van der Waals surface area contributed by atoms with Gasteiger partial charge < -0.3 is 5.73 Å². The van der Waals surface area contributed by atoms with Crippen LogP contribution < -0.4 is 5.73 Å². The van der Waals surface area contributed by atoms with Crippen LogP contribution in [-0.2, 0) is 0 Å². The third-order valence-corrected chi connectivity index (χ3v) is 2.63. The number of nitrogen functional groups attached to an aromatic ring is 1. The zero-order valence-electron chi connectivity index (χ0n) is 8.05. The maximum absolute atomic E-state index is 13.6. The number of benzene rings is 1. The second-order valence-corrected chi connectivity index (χ2v) is 4.00. The molecule has 2 rings (SSSR count). The Balaban J connectivity index is 2.57. The molecule has 0 saturated carbocycles. The minimum atomic E-state index is -0.760. The lowest BCUT2D eigenvalue weighted by Crippen LogP contribution is -1.97. The van der Waals surface area contributed by atoms with E-state index in [1.807, 2.05) is 0 Å². The Bertz CT molecular complexity index is 526. The van der Waals surface area contributed by atoms with Crippen molar-refractivity contribution in [2.45, 2.75) is 0 Å². The molecule has 0 unspecified atom stereocenters. The van der Waals surface area contributed by atoms with Gasteiger partial charge in [-0.25, -0.2) is 13.8 Å². The molecule has 2 aromatic rings. The first-order chi connectivity index (χ1) is 7.59. The van der Waals surface area contributed by atoms with Crippen LogP contribution in [0.1, 0.15) is 0 Å². The maximum atomic E-state index is 13.6. The SMILES string of the molecule is Nc1c(F)ccc(-c2ccc(Br)nc2)c1F. The first-order valence-corrected chi connectivity index (χ1v) is 5.24. The van der Waals surface area contributed by atoms with E-state index >= 15 is 0 Å². The average Bonchev–Trinajstić information content (AvgIpc) is 2.28. The molecule has 2 nitrogen and oxygen atoms in total. The van der Waals surface area contributed by atoms with Crippen LogP contribution in [0.25, 0.3) is 11.1 Å². The lowest BCUT2D eigenvalue weighted by Gasteiger charge is -2.06. The number of pyridine rings is 1. The molecule has 0 aliphatic heterocycles. The summed E-state index contributed by atoms with van der Waals surface area (Å²) in [7, 11) is 0. The van der Waals surface area contributed by atoms with Crippen molar-refractivity contribution in [3.8, 4) is 11.1 Å². The highest BCUT2D eigenvalue weighted by atomic mass is 79.9. The van der Waals surface area contributed by atoms with Gasteiger partial charge in [0.05, 0.1) is 0 Å². The molecular weight excluding hydrogens is 278 g/mol. The summed E-state index contributed by atoms with van der Waals surface area (Å²) >= 11 is 3.17. The Hall–Kier alpha value is -1.49. The summed E-state index contributed by atoms with van der Waals surface area (Å²) in [5, 5.41) is 0. The Kier molecular flexibility index (Phi) is 2.87. The van der Waals surface area contributed by atoms with Gasteiger partial charge in [-0.05, 0) is 34.1 Å². The van der Waals surface area contributed by atoms with Gasteiger partial charge in [0.1, 0.15) is 16.1 Å². The number of hydrogen-bond acceptors (Lipinski definition) is 2. The Labute approximate surface area is 99.2 Å². The quantitative estimate of drug-likeness (QED) is 0.644. The van der Waals surface area contributed by atoms with Gasteiger partial charge in [-0.3, -0.25) is 0 Å². The normalized spacial score (nSPS) is 10.4. The van der Waals surface area contributed by atoms with Crippen molar-refractivity contribution in [2.75, 3.05) is 5.73 Å². The smallest absolute Gasteiger partial charge is 0.156 e. The van der Waals surface area contributed by atoms with Gasteiger partial charge in [-0.2, -0.15) is 0 Å². The van der Waals surface area contributed by atoms with Crippen molar-refractivity contribution in [1.29, 1.82) is 0 Å². The van der Waals surface area contributed by atoms with Gasteiger partial charge in [-0.15, -0.1) is 0 Å². The summed E-state index contributed by atoms with van der Waals surface area (Å²) in [4.78, 5) is 3.96. The van der Waals surface area contributed by atoms with E-state index in [0.717, 1.165) is 6.07 Å². The lowest BCUT2D eigenvalue weighted by molar-refractivity contribution is 0.594. The summed E-state index contributed by atoms with van der Waals surface area (Å²) in [5.74, 6) is -1.52. The predicted octanol–water partition coefficient (Wildman–Crippen LogP) is 3.37. The van der Waals surface area contributed by atoms with E-state index in [1.54, 1.807) is 12.1 Å². The Morgan fingerprint density at radius 3 is 2.50 bits per heavy atom. The molecule has 1 heterocycles. The Morgan fingerprint density at radius 1 is 1.12 bits per heavy atom. The van der Waals surface area contributed by atoms with Crippen molar-refractivity contribution in [3.05, 3.63) is 46.7 Å². The van der Waals surface area contributed by atoms with Crippen LogP contribution in [0.3, 0.4) is 0 Å². The van der Waals surface area contributed by atoms with E-state index in [9.17, 15) is 8.78 Å². The van der Waals surface area contributed by atoms with Crippen LogP contribution in [0, 0.1) is 11.6 Å². The number of nitrogens with zero attached hydrogens (tertiary/aromatic N) is 1. The molecule has 2 N–H and O–H groups in total. The minimum absolute atomic E-state index is 0.235. The molecule has 0 fully saturated rings. The molecule has 0 amide bonds. The van der Waals surface area contributed by atoms with Gasteiger partial charge >= 0.3 is 0 Å². The van der Waals surface area contributed by atoms with Crippen LogP contribution in [-0.4, -0.2) is 4.98 Å². The summed E-state index contributed by atoms with van der Waals surface area (Å²) in [5.41, 5.74) is 5.58. The largest absolute Gasteiger partial charge is 0.394 e. The third kappa shape index (κ3) is 1.90. The summed E-state index contributed by atoms with van der Waals surface area (Å²) in [6, 6.07) is 5.82. The second kappa shape index (κ2) is 4.17. The number of hydrogen-bond donors (Lipinski definition) is 1. The number of rotatable bonds is 1. The van der Waals surface area contributed by atoms with E-state index in [0.29, 0.717) is 10.2 Å². The molecule has 0 atom stereocenters. The summed E-state index contributed by atoms with van der Waals surface area (Å²) in [6.45, 7) is 0. The van der Waals surface area contributed by atoms with Crippen LogP contribution >= 0.6 is 15.9 Å². The van der Waals surface area contributed by atoms with E-state index in [-0.39, 0.29) is 5.56 Å². The van der Waals surface area contributed by atoms with Crippen molar-refractivity contribution in [2.24, 2.45) is 0 Å². The lowest BCUT2D eigenvalue weighted by atomic mass is 10.1. The van der Waals surface area contributed by atoms with Crippen LogP contribution in [0.15, 0.2) is 35.1 Å². The highest BCUT2D eigenvalue weighted by molar-refractivity contribution is 9.10. The van der Waals surface area contributed by atoms with Crippen LogP contribution in [0.4, 0.5) is 14.5 Å². The molecule has 0 bridgehead atoms. The van der Waals surface area contributed by atoms with Crippen LogP contribution in [0.5, 0.6) is 0 Å². The third-order valence-electron chi connectivity index (χ3n) is 2.16. The average molecular weight is 285 g/mol. The molecule has 0 saturated heterocycles. The topological polar surface area (TPSA) is 38.9 Å². The van der Waals surface area contributed by atoms with E-state index in [2.05, 4.69) is 20.9 Å². The number of nitrogens with two attached hydrogens (primary N) is 1. The maximum Gasteiger partial charge on any atom is 0.156 e. The molecule has 0 spiro atoms. The molecule has 0 aliphatic carbocycles. The fraction of sp³-hybridized carbons (Fsp3) is 0. The monoisotopic (exact) mass is 284 g/mol. The number of aromatic nitrogens is 1. The van der Waals surface area contributed by atoms with Crippen molar-refractivity contribution < 1.29 is 8.78 Å². The number of anilines is 1. The molecule has 82 valence electrons. The Morgan fingerprint density at radius 2 is 1.88 bits per heavy atom. The van der Waals surface area contributed by atoms with Crippen molar-refractivity contribution >= 4 is 21.6 Å². The molecule has 0 aliphatic rings. The van der Waals surface area contributed by atoms with Gasteiger partial charge in [-0.1, -0.05) is 6.07 Å². The molecule has 0 radical (unpaired) electrons. The highest BCUT2D eigenvalue weighted by Gasteiger charge is 2.12.